The molecule has 0 spiro atoms. The van der Waals surface area contributed by atoms with Gasteiger partial charge in [0.2, 0.25) is 0 Å². The number of amides is 2. The average Bonchev–Trinajstić information content (AvgIpc) is 3.27. The number of hydrogen-bond acceptors (Lipinski definition) is 2. The molecule has 144 valence electrons. The van der Waals surface area contributed by atoms with E-state index in [2.05, 4.69) is 43.5 Å². The molecule has 28 heavy (non-hydrogen) atoms. The molecule has 1 aromatic heterocycles. The van der Waals surface area contributed by atoms with Crippen LogP contribution in [0.1, 0.15) is 50.1 Å². The quantitative estimate of drug-likeness (QED) is 0.679. The number of anilines is 1. The largest absolute Gasteiger partial charge is 0.331 e. The highest BCUT2D eigenvalue weighted by atomic mass is 16.2. The fourth-order valence-electron chi connectivity index (χ4n) is 3.62. The summed E-state index contributed by atoms with van der Waals surface area (Å²) >= 11 is 0. The first kappa shape index (κ1) is 18.3. The first-order valence-electron chi connectivity index (χ1n) is 9.73. The van der Waals surface area contributed by atoms with E-state index < -0.39 is 0 Å². The standard InChI is InChI=1S/C23H26N4O/c1-23(2,3)20-15-21(27(26-20)17-10-5-4-6-11-17)25-22(28)24-19-14-13-16-9-7-8-12-18(16)19/h4-12,15,19H,13-14H2,1-3H3,(H2,24,25,28). The summed E-state index contributed by atoms with van der Waals surface area (Å²) in [6, 6.07) is 20.0. The lowest BCUT2D eigenvalue weighted by atomic mass is 9.92. The van der Waals surface area contributed by atoms with Crippen LogP contribution in [0.5, 0.6) is 0 Å². The van der Waals surface area contributed by atoms with Crippen molar-refractivity contribution in [3.05, 3.63) is 77.5 Å². The van der Waals surface area contributed by atoms with E-state index in [4.69, 9.17) is 5.10 Å². The Morgan fingerprint density at radius 2 is 1.79 bits per heavy atom. The lowest BCUT2D eigenvalue weighted by molar-refractivity contribution is 0.248. The molecule has 1 unspecified atom stereocenters. The minimum Gasteiger partial charge on any atom is -0.331 e. The van der Waals surface area contributed by atoms with Crippen molar-refractivity contribution in [1.82, 2.24) is 15.1 Å². The van der Waals surface area contributed by atoms with E-state index in [1.807, 2.05) is 48.5 Å². The number of aryl methyl sites for hydroxylation is 1. The number of para-hydroxylation sites is 1. The van der Waals surface area contributed by atoms with Crippen molar-refractivity contribution in [2.45, 2.75) is 45.1 Å². The van der Waals surface area contributed by atoms with Crippen molar-refractivity contribution in [1.29, 1.82) is 0 Å². The predicted octanol–water partition coefficient (Wildman–Crippen LogP) is 4.98. The Kier molecular flexibility index (Phi) is 4.67. The second-order valence-electron chi connectivity index (χ2n) is 8.30. The molecule has 1 aliphatic rings. The van der Waals surface area contributed by atoms with Gasteiger partial charge < -0.3 is 5.32 Å². The van der Waals surface area contributed by atoms with E-state index in [1.165, 1.54) is 11.1 Å². The SMILES string of the molecule is CC(C)(C)c1cc(NC(=O)NC2CCc3ccccc32)n(-c2ccccc2)n1. The Hall–Kier alpha value is -3.08. The second-order valence-corrected chi connectivity index (χ2v) is 8.30. The average molecular weight is 374 g/mol. The Bertz CT molecular complexity index is 985. The van der Waals surface area contributed by atoms with Gasteiger partial charge in [-0.05, 0) is 36.1 Å². The summed E-state index contributed by atoms with van der Waals surface area (Å²) in [5, 5.41) is 10.9. The topological polar surface area (TPSA) is 59.0 Å². The summed E-state index contributed by atoms with van der Waals surface area (Å²) in [6.07, 6.45) is 1.93. The highest BCUT2D eigenvalue weighted by Crippen LogP contribution is 2.31. The van der Waals surface area contributed by atoms with Crippen LogP contribution >= 0.6 is 0 Å². The van der Waals surface area contributed by atoms with Gasteiger partial charge in [0.15, 0.2) is 0 Å². The monoisotopic (exact) mass is 374 g/mol. The highest BCUT2D eigenvalue weighted by molar-refractivity contribution is 5.89. The minimum absolute atomic E-state index is 0.0476. The first-order chi connectivity index (χ1) is 13.4. The van der Waals surface area contributed by atoms with Crippen molar-refractivity contribution in [2.24, 2.45) is 0 Å². The third kappa shape index (κ3) is 3.65. The molecule has 0 radical (unpaired) electrons. The summed E-state index contributed by atoms with van der Waals surface area (Å²) in [5.74, 6) is 0.667. The number of fused-ring (bicyclic) bond motifs is 1. The molecule has 0 saturated carbocycles. The molecular formula is C23H26N4O. The molecule has 5 heteroatoms. The molecule has 4 rings (SSSR count). The summed E-state index contributed by atoms with van der Waals surface area (Å²) in [7, 11) is 0. The smallest absolute Gasteiger partial charge is 0.320 e. The van der Waals surface area contributed by atoms with Gasteiger partial charge in [0, 0.05) is 11.5 Å². The van der Waals surface area contributed by atoms with E-state index in [0.717, 1.165) is 24.2 Å². The highest BCUT2D eigenvalue weighted by Gasteiger charge is 2.25. The van der Waals surface area contributed by atoms with Gasteiger partial charge in [-0.1, -0.05) is 63.2 Å². The first-order valence-corrected chi connectivity index (χ1v) is 9.73. The molecule has 2 N–H and O–H groups in total. The second kappa shape index (κ2) is 7.15. The van der Waals surface area contributed by atoms with Crippen LogP contribution in [-0.2, 0) is 11.8 Å². The van der Waals surface area contributed by atoms with Gasteiger partial charge in [-0.25, -0.2) is 9.48 Å². The van der Waals surface area contributed by atoms with Crippen LogP contribution < -0.4 is 10.6 Å². The van der Waals surface area contributed by atoms with E-state index in [0.29, 0.717) is 5.82 Å². The third-order valence-electron chi connectivity index (χ3n) is 5.16. The molecule has 1 aliphatic carbocycles. The number of rotatable bonds is 3. The van der Waals surface area contributed by atoms with Gasteiger partial charge in [-0.15, -0.1) is 0 Å². The molecular weight excluding hydrogens is 348 g/mol. The maximum absolute atomic E-state index is 12.8. The number of carbonyl (C=O) groups is 1. The van der Waals surface area contributed by atoms with E-state index in [9.17, 15) is 4.79 Å². The number of nitrogens with zero attached hydrogens (tertiary/aromatic N) is 2. The van der Waals surface area contributed by atoms with Gasteiger partial charge in [0.25, 0.3) is 0 Å². The van der Waals surface area contributed by atoms with Crippen LogP contribution in [0.2, 0.25) is 0 Å². The van der Waals surface area contributed by atoms with E-state index >= 15 is 0 Å². The van der Waals surface area contributed by atoms with Gasteiger partial charge >= 0.3 is 6.03 Å². The molecule has 2 amide bonds. The number of aromatic nitrogens is 2. The molecule has 1 heterocycles. The van der Waals surface area contributed by atoms with Crippen LogP contribution in [-0.4, -0.2) is 15.8 Å². The molecule has 3 aromatic rings. The summed E-state index contributed by atoms with van der Waals surface area (Å²) in [5.41, 5.74) is 4.26. The Balaban J connectivity index is 1.57. The summed E-state index contributed by atoms with van der Waals surface area (Å²) in [4.78, 5) is 12.8. The fraction of sp³-hybridized carbons (Fsp3) is 0.304. The normalized spacial score (nSPS) is 15.9. The molecule has 0 aliphatic heterocycles. The van der Waals surface area contributed by atoms with E-state index in [-0.39, 0.29) is 17.5 Å². The summed E-state index contributed by atoms with van der Waals surface area (Å²) in [6.45, 7) is 6.35. The molecule has 0 bridgehead atoms. The van der Waals surface area contributed by atoms with Crippen molar-refractivity contribution in [3.63, 3.8) is 0 Å². The zero-order valence-electron chi connectivity index (χ0n) is 16.6. The maximum Gasteiger partial charge on any atom is 0.320 e. The molecule has 5 nitrogen and oxygen atoms in total. The number of hydrogen-bond donors (Lipinski definition) is 2. The molecule has 0 saturated heterocycles. The van der Waals surface area contributed by atoms with Crippen LogP contribution in [0.15, 0.2) is 60.7 Å². The van der Waals surface area contributed by atoms with Crippen LogP contribution in [0.25, 0.3) is 5.69 Å². The number of benzene rings is 2. The van der Waals surface area contributed by atoms with Gasteiger partial charge in [-0.2, -0.15) is 5.10 Å². The Labute approximate surface area is 165 Å². The minimum atomic E-state index is -0.209. The van der Waals surface area contributed by atoms with Crippen molar-refractivity contribution in [3.8, 4) is 5.69 Å². The summed E-state index contributed by atoms with van der Waals surface area (Å²) < 4.78 is 1.79. The predicted molar refractivity (Wildman–Crippen MR) is 112 cm³/mol. The van der Waals surface area contributed by atoms with Crippen LogP contribution in [0.4, 0.5) is 10.6 Å². The maximum atomic E-state index is 12.8. The van der Waals surface area contributed by atoms with Crippen molar-refractivity contribution >= 4 is 11.8 Å². The number of carbonyl (C=O) groups excluding carboxylic acids is 1. The third-order valence-corrected chi connectivity index (χ3v) is 5.16. The zero-order chi connectivity index (χ0) is 19.7. The van der Waals surface area contributed by atoms with Gasteiger partial charge in [-0.3, -0.25) is 5.32 Å². The van der Waals surface area contributed by atoms with E-state index in [1.54, 1.807) is 4.68 Å². The lowest BCUT2D eigenvalue weighted by Crippen LogP contribution is -2.32. The van der Waals surface area contributed by atoms with Crippen LogP contribution in [0.3, 0.4) is 0 Å². The Morgan fingerprint density at radius 1 is 1.07 bits per heavy atom. The Morgan fingerprint density at radius 3 is 2.54 bits per heavy atom. The molecule has 0 fully saturated rings. The van der Waals surface area contributed by atoms with Crippen molar-refractivity contribution < 1.29 is 4.79 Å². The molecule has 2 aromatic carbocycles. The lowest BCUT2D eigenvalue weighted by Gasteiger charge is -2.15. The molecule has 1 atom stereocenters. The number of nitrogens with one attached hydrogen (secondary N) is 2. The van der Waals surface area contributed by atoms with Gasteiger partial charge in [0.1, 0.15) is 5.82 Å². The fourth-order valence-corrected chi connectivity index (χ4v) is 3.62. The zero-order valence-corrected chi connectivity index (χ0v) is 16.6. The van der Waals surface area contributed by atoms with Crippen molar-refractivity contribution in [2.75, 3.05) is 5.32 Å². The van der Waals surface area contributed by atoms with Gasteiger partial charge in [0.05, 0.1) is 17.4 Å². The number of urea groups is 1. The van der Waals surface area contributed by atoms with Crippen LogP contribution in [0, 0.1) is 0 Å².